The summed E-state index contributed by atoms with van der Waals surface area (Å²) < 4.78 is 2.00. The fourth-order valence-corrected chi connectivity index (χ4v) is 1.80. The molecule has 0 radical (unpaired) electrons. The fourth-order valence-electron chi connectivity index (χ4n) is 1.63. The summed E-state index contributed by atoms with van der Waals surface area (Å²) in [7, 11) is 1.98. The van der Waals surface area contributed by atoms with Crippen molar-refractivity contribution in [2.75, 3.05) is 17.6 Å². The van der Waals surface area contributed by atoms with E-state index < -0.39 is 0 Å². The molecule has 4 nitrogen and oxygen atoms in total. The van der Waals surface area contributed by atoms with E-state index in [0.717, 1.165) is 24.5 Å². The normalized spacial score (nSPS) is 10.5. The van der Waals surface area contributed by atoms with E-state index in [9.17, 15) is 0 Å². The topological polar surface area (TPSA) is 55.9 Å². The van der Waals surface area contributed by atoms with Crippen LogP contribution in [0.5, 0.6) is 0 Å². The minimum absolute atomic E-state index is 0.679. The number of hydrogen-bond donors (Lipinski definition) is 2. The lowest BCUT2D eigenvalue weighted by atomic mass is 10.2. The Kier molecular flexibility index (Phi) is 3.54. The van der Waals surface area contributed by atoms with Crippen molar-refractivity contribution in [3.8, 4) is 0 Å². The molecule has 0 aliphatic rings. The van der Waals surface area contributed by atoms with Crippen molar-refractivity contribution in [3.63, 3.8) is 0 Å². The molecule has 0 bridgehead atoms. The highest BCUT2D eigenvalue weighted by atomic mass is 35.5. The van der Waals surface area contributed by atoms with Crippen molar-refractivity contribution >= 4 is 23.0 Å². The summed E-state index contributed by atoms with van der Waals surface area (Å²) in [6, 6.07) is 5.40. The molecule has 0 saturated carbocycles. The number of anilines is 2. The van der Waals surface area contributed by atoms with Crippen molar-refractivity contribution in [3.05, 3.63) is 41.4 Å². The van der Waals surface area contributed by atoms with E-state index >= 15 is 0 Å². The molecule has 90 valence electrons. The maximum Gasteiger partial charge on any atom is 0.110 e. The van der Waals surface area contributed by atoms with Gasteiger partial charge in [0, 0.05) is 37.4 Å². The van der Waals surface area contributed by atoms with Gasteiger partial charge in [-0.15, -0.1) is 0 Å². The van der Waals surface area contributed by atoms with Gasteiger partial charge >= 0.3 is 0 Å². The Morgan fingerprint density at radius 3 is 3.00 bits per heavy atom. The van der Waals surface area contributed by atoms with Crippen LogP contribution in [-0.4, -0.2) is 16.1 Å². The van der Waals surface area contributed by atoms with E-state index in [1.807, 2.05) is 23.9 Å². The molecule has 5 heteroatoms. The number of halogens is 1. The number of benzene rings is 1. The average Bonchev–Trinajstić information content (AvgIpc) is 2.70. The van der Waals surface area contributed by atoms with Crippen LogP contribution in [0.1, 0.15) is 5.82 Å². The van der Waals surface area contributed by atoms with Crippen LogP contribution in [0.25, 0.3) is 0 Å². The van der Waals surface area contributed by atoms with Gasteiger partial charge in [-0.25, -0.2) is 4.98 Å². The molecule has 0 aliphatic heterocycles. The molecule has 0 amide bonds. The predicted molar refractivity (Wildman–Crippen MR) is 71.3 cm³/mol. The maximum absolute atomic E-state index is 5.91. The Morgan fingerprint density at radius 2 is 2.29 bits per heavy atom. The molecule has 1 aromatic carbocycles. The van der Waals surface area contributed by atoms with Gasteiger partial charge in [-0.05, 0) is 18.2 Å². The summed E-state index contributed by atoms with van der Waals surface area (Å²) in [5.74, 6) is 1.04. The summed E-state index contributed by atoms with van der Waals surface area (Å²) >= 11 is 5.91. The van der Waals surface area contributed by atoms with Gasteiger partial charge in [0.25, 0.3) is 0 Å². The lowest BCUT2D eigenvalue weighted by Crippen LogP contribution is -2.09. The molecule has 2 aromatic rings. The Morgan fingerprint density at radius 1 is 1.47 bits per heavy atom. The highest BCUT2D eigenvalue weighted by molar-refractivity contribution is 6.31. The Bertz CT molecular complexity index is 507. The highest BCUT2D eigenvalue weighted by Crippen LogP contribution is 2.22. The molecule has 0 fully saturated rings. The van der Waals surface area contributed by atoms with Gasteiger partial charge in [-0.2, -0.15) is 0 Å². The van der Waals surface area contributed by atoms with E-state index in [2.05, 4.69) is 10.3 Å². The SMILES string of the molecule is Cn1ccnc1CCNc1cc(Cl)ccc1N. The smallest absolute Gasteiger partial charge is 0.110 e. The number of rotatable bonds is 4. The zero-order valence-electron chi connectivity index (χ0n) is 9.65. The Balaban J connectivity index is 1.94. The molecular weight excluding hydrogens is 236 g/mol. The second-order valence-corrected chi connectivity index (χ2v) is 4.30. The van der Waals surface area contributed by atoms with Gasteiger partial charge in [0.15, 0.2) is 0 Å². The Hall–Kier alpha value is -1.68. The van der Waals surface area contributed by atoms with E-state index in [1.165, 1.54) is 0 Å². The molecule has 0 saturated heterocycles. The van der Waals surface area contributed by atoms with Crippen LogP contribution in [0.4, 0.5) is 11.4 Å². The largest absolute Gasteiger partial charge is 0.397 e. The number of hydrogen-bond acceptors (Lipinski definition) is 3. The van der Waals surface area contributed by atoms with Gasteiger partial charge in [0.1, 0.15) is 5.82 Å². The number of imidazole rings is 1. The first-order valence-corrected chi connectivity index (χ1v) is 5.79. The molecule has 0 spiro atoms. The first-order chi connectivity index (χ1) is 8.16. The van der Waals surface area contributed by atoms with Crippen molar-refractivity contribution in [2.24, 2.45) is 7.05 Å². The number of aryl methyl sites for hydroxylation is 1. The standard InChI is InChI=1S/C12H15ClN4/c1-17-7-6-16-12(17)4-5-15-11-8-9(13)2-3-10(11)14/h2-3,6-8,15H,4-5,14H2,1H3. The molecular formula is C12H15ClN4. The molecule has 0 aliphatic carbocycles. The van der Waals surface area contributed by atoms with Crippen LogP contribution >= 0.6 is 11.6 Å². The number of nitrogens with one attached hydrogen (secondary N) is 1. The van der Waals surface area contributed by atoms with Gasteiger partial charge in [-0.3, -0.25) is 0 Å². The minimum Gasteiger partial charge on any atom is -0.397 e. The first kappa shape index (κ1) is 11.8. The predicted octanol–water partition coefficient (Wildman–Crippen LogP) is 2.31. The summed E-state index contributed by atoms with van der Waals surface area (Å²) in [6.07, 6.45) is 4.57. The maximum atomic E-state index is 5.91. The monoisotopic (exact) mass is 250 g/mol. The molecule has 1 heterocycles. The second kappa shape index (κ2) is 5.10. The average molecular weight is 251 g/mol. The van der Waals surface area contributed by atoms with Crippen molar-refractivity contribution < 1.29 is 0 Å². The van der Waals surface area contributed by atoms with Crippen LogP contribution < -0.4 is 11.1 Å². The Labute approximate surface area is 105 Å². The third-order valence-electron chi connectivity index (χ3n) is 2.60. The summed E-state index contributed by atoms with van der Waals surface area (Å²) in [5.41, 5.74) is 7.41. The van der Waals surface area contributed by atoms with E-state index in [-0.39, 0.29) is 0 Å². The van der Waals surface area contributed by atoms with E-state index in [4.69, 9.17) is 17.3 Å². The van der Waals surface area contributed by atoms with Gasteiger partial charge in [0.05, 0.1) is 11.4 Å². The van der Waals surface area contributed by atoms with Crippen molar-refractivity contribution in [2.45, 2.75) is 6.42 Å². The number of nitrogens with zero attached hydrogens (tertiary/aromatic N) is 2. The molecule has 0 atom stereocenters. The van der Waals surface area contributed by atoms with Crippen LogP contribution in [0.3, 0.4) is 0 Å². The van der Waals surface area contributed by atoms with Gasteiger partial charge in [-0.1, -0.05) is 11.6 Å². The van der Waals surface area contributed by atoms with E-state index in [0.29, 0.717) is 10.7 Å². The van der Waals surface area contributed by atoms with Gasteiger partial charge < -0.3 is 15.6 Å². The lowest BCUT2D eigenvalue weighted by molar-refractivity contribution is 0.790. The van der Waals surface area contributed by atoms with Crippen LogP contribution in [0, 0.1) is 0 Å². The zero-order chi connectivity index (χ0) is 12.3. The number of nitrogens with two attached hydrogens (primary N) is 1. The van der Waals surface area contributed by atoms with Crippen molar-refractivity contribution in [1.29, 1.82) is 0 Å². The highest BCUT2D eigenvalue weighted by Gasteiger charge is 2.01. The minimum atomic E-state index is 0.679. The summed E-state index contributed by atoms with van der Waals surface area (Å²) in [5, 5.41) is 3.94. The second-order valence-electron chi connectivity index (χ2n) is 3.86. The molecule has 2 rings (SSSR count). The van der Waals surface area contributed by atoms with Crippen LogP contribution in [0.15, 0.2) is 30.6 Å². The first-order valence-electron chi connectivity index (χ1n) is 5.42. The van der Waals surface area contributed by atoms with E-state index in [1.54, 1.807) is 18.3 Å². The summed E-state index contributed by atoms with van der Waals surface area (Å²) in [6.45, 7) is 0.773. The molecule has 17 heavy (non-hydrogen) atoms. The van der Waals surface area contributed by atoms with Crippen molar-refractivity contribution in [1.82, 2.24) is 9.55 Å². The van der Waals surface area contributed by atoms with Crippen LogP contribution in [0.2, 0.25) is 5.02 Å². The lowest BCUT2D eigenvalue weighted by Gasteiger charge is -2.09. The molecule has 1 aromatic heterocycles. The zero-order valence-corrected chi connectivity index (χ0v) is 10.4. The van der Waals surface area contributed by atoms with Gasteiger partial charge in [0.2, 0.25) is 0 Å². The quantitative estimate of drug-likeness (QED) is 0.819. The third-order valence-corrected chi connectivity index (χ3v) is 2.84. The number of nitrogen functional groups attached to an aromatic ring is 1. The summed E-state index contributed by atoms with van der Waals surface area (Å²) in [4.78, 5) is 4.25. The molecule has 3 N–H and O–H groups in total. The van der Waals surface area contributed by atoms with Crippen LogP contribution in [-0.2, 0) is 13.5 Å². The number of aromatic nitrogens is 2. The molecule has 0 unspecified atom stereocenters. The third kappa shape index (κ3) is 2.91. The fraction of sp³-hybridized carbons (Fsp3) is 0.250.